The van der Waals surface area contributed by atoms with Crippen LogP contribution in [0.4, 0.5) is 0 Å². The van der Waals surface area contributed by atoms with Gasteiger partial charge in [0.1, 0.15) is 6.29 Å². The van der Waals surface area contributed by atoms with E-state index in [0.717, 1.165) is 29.4 Å². The summed E-state index contributed by atoms with van der Waals surface area (Å²) in [5.41, 5.74) is 5.24. The molecule has 0 radical (unpaired) electrons. The Labute approximate surface area is 121 Å². The molecular formula is C19H20O. The summed E-state index contributed by atoms with van der Waals surface area (Å²) in [5.74, 6) is 0. The molecule has 1 nitrogen and oxygen atoms in total. The summed E-state index contributed by atoms with van der Waals surface area (Å²) in [7, 11) is 0. The van der Waals surface area contributed by atoms with Crippen LogP contribution >= 0.6 is 0 Å². The quantitative estimate of drug-likeness (QED) is 0.678. The van der Waals surface area contributed by atoms with E-state index in [-0.39, 0.29) is 0 Å². The van der Waals surface area contributed by atoms with Gasteiger partial charge in [0, 0.05) is 5.56 Å². The van der Waals surface area contributed by atoms with Crippen molar-refractivity contribution in [2.45, 2.75) is 26.2 Å². The molecule has 0 saturated carbocycles. The van der Waals surface area contributed by atoms with Crippen molar-refractivity contribution in [3.05, 3.63) is 77.4 Å². The molecule has 0 amide bonds. The lowest BCUT2D eigenvalue weighted by molar-refractivity contribution is 0.112. The van der Waals surface area contributed by atoms with Gasteiger partial charge in [-0.3, -0.25) is 4.79 Å². The van der Waals surface area contributed by atoms with Gasteiger partial charge < -0.3 is 0 Å². The van der Waals surface area contributed by atoms with Crippen molar-refractivity contribution in [3.63, 3.8) is 0 Å². The van der Waals surface area contributed by atoms with Crippen LogP contribution in [0.25, 0.3) is 5.57 Å². The molecule has 0 fully saturated rings. The summed E-state index contributed by atoms with van der Waals surface area (Å²) in [5, 5.41) is 0. The summed E-state index contributed by atoms with van der Waals surface area (Å²) in [6.07, 6.45) is 4.44. The van der Waals surface area contributed by atoms with Crippen LogP contribution in [-0.2, 0) is 6.42 Å². The van der Waals surface area contributed by atoms with Gasteiger partial charge in [0.25, 0.3) is 0 Å². The zero-order valence-corrected chi connectivity index (χ0v) is 11.9. The predicted molar refractivity (Wildman–Crippen MR) is 85.0 cm³/mol. The van der Waals surface area contributed by atoms with Gasteiger partial charge in [-0.1, -0.05) is 68.5 Å². The summed E-state index contributed by atoms with van der Waals surface area (Å²) >= 11 is 0. The first-order valence-corrected chi connectivity index (χ1v) is 7.08. The maximum atomic E-state index is 10.7. The molecule has 0 spiro atoms. The highest BCUT2D eigenvalue weighted by Gasteiger charge is 2.03. The molecule has 102 valence electrons. The third kappa shape index (κ3) is 3.45. The van der Waals surface area contributed by atoms with Crippen LogP contribution < -0.4 is 0 Å². The monoisotopic (exact) mass is 264 g/mol. The number of unbranched alkanes of at least 4 members (excludes halogenated alkanes) is 1. The van der Waals surface area contributed by atoms with E-state index in [4.69, 9.17) is 0 Å². The fraction of sp³-hybridized carbons (Fsp3) is 0.211. The average Bonchev–Trinajstić information content (AvgIpc) is 2.53. The molecule has 0 bridgehead atoms. The van der Waals surface area contributed by atoms with Crippen molar-refractivity contribution in [3.8, 4) is 0 Å². The molecule has 0 unspecified atom stereocenters. The number of carbonyl (C=O) groups is 1. The van der Waals surface area contributed by atoms with Gasteiger partial charge in [0.15, 0.2) is 0 Å². The van der Waals surface area contributed by atoms with Crippen molar-refractivity contribution < 1.29 is 4.79 Å². The second-order valence-electron chi connectivity index (χ2n) is 5.02. The highest BCUT2D eigenvalue weighted by atomic mass is 16.1. The molecule has 20 heavy (non-hydrogen) atoms. The molecule has 2 aromatic rings. The van der Waals surface area contributed by atoms with Gasteiger partial charge in [-0.25, -0.2) is 0 Å². The predicted octanol–water partition coefficient (Wildman–Crippen LogP) is 4.90. The van der Waals surface area contributed by atoms with Crippen LogP contribution in [0.3, 0.4) is 0 Å². The molecule has 2 aromatic carbocycles. The fourth-order valence-corrected chi connectivity index (χ4v) is 2.18. The first-order chi connectivity index (χ1) is 9.74. The van der Waals surface area contributed by atoms with Crippen LogP contribution in [0.5, 0.6) is 0 Å². The molecule has 0 atom stereocenters. The van der Waals surface area contributed by atoms with Crippen molar-refractivity contribution in [1.82, 2.24) is 0 Å². The van der Waals surface area contributed by atoms with Gasteiger partial charge >= 0.3 is 0 Å². The van der Waals surface area contributed by atoms with Crippen molar-refractivity contribution in [2.24, 2.45) is 0 Å². The first-order valence-electron chi connectivity index (χ1n) is 7.08. The molecule has 0 aliphatic heterocycles. The molecule has 2 rings (SSSR count). The van der Waals surface area contributed by atoms with Crippen LogP contribution in [-0.4, -0.2) is 6.29 Å². The fourth-order valence-electron chi connectivity index (χ4n) is 2.18. The highest BCUT2D eigenvalue weighted by Crippen LogP contribution is 2.22. The van der Waals surface area contributed by atoms with Gasteiger partial charge in [0.2, 0.25) is 0 Å². The van der Waals surface area contributed by atoms with Crippen LogP contribution in [0.2, 0.25) is 0 Å². The van der Waals surface area contributed by atoms with E-state index in [1.165, 1.54) is 18.4 Å². The first kappa shape index (κ1) is 14.3. The number of benzene rings is 2. The second-order valence-corrected chi connectivity index (χ2v) is 5.02. The molecule has 1 heteroatoms. The number of hydrogen-bond donors (Lipinski definition) is 0. The maximum Gasteiger partial charge on any atom is 0.150 e. The van der Waals surface area contributed by atoms with E-state index in [2.05, 4.69) is 37.8 Å². The largest absolute Gasteiger partial charge is 0.298 e. The third-order valence-corrected chi connectivity index (χ3v) is 3.52. The normalized spacial score (nSPS) is 10.2. The van der Waals surface area contributed by atoms with Crippen molar-refractivity contribution in [1.29, 1.82) is 0 Å². The molecule has 0 aliphatic carbocycles. The number of rotatable bonds is 6. The Hall–Kier alpha value is -2.15. The smallest absolute Gasteiger partial charge is 0.150 e. The number of aryl methyl sites for hydroxylation is 1. The summed E-state index contributed by atoms with van der Waals surface area (Å²) < 4.78 is 0. The topological polar surface area (TPSA) is 17.1 Å². The Kier molecular flexibility index (Phi) is 4.89. The van der Waals surface area contributed by atoms with E-state index in [9.17, 15) is 4.79 Å². The van der Waals surface area contributed by atoms with E-state index in [1.807, 2.05) is 24.3 Å². The minimum Gasteiger partial charge on any atom is -0.298 e. The lowest BCUT2D eigenvalue weighted by Crippen LogP contribution is -1.89. The molecule has 0 saturated heterocycles. The molecule has 0 heterocycles. The van der Waals surface area contributed by atoms with Gasteiger partial charge in [0.05, 0.1) is 0 Å². The van der Waals surface area contributed by atoms with E-state index in [1.54, 1.807) is 0 Å². The molecule has 0 N–H and O–H groups in total. The van der Waals surface area contributed by atoms with Gasteiger partial charge in [-0.05, 0) is 35.1 Å². The third-order valence-electron chi connectivity index (χ3n) is 3.52. The molecule has 0 aromatic heterocycles. The van der Waals surface area contributed by atoms with E-state index < -0.39 is 0 Å². The maximum absolute atomic E-state index is 10.7. The van der Waals surface area contributed by atoms with E-state index in [0.29, 0.717) is 5.56 Å². The minimum atomic E-state index is 0.691. The lowest BCUT2D eigenvalue weighted by atomic mass is 9.97. The number of aldehydes is 1. The Morgan fingerprint density at radius 1 is 1.00 bits per heavy atom. The van der Waals surface area contributed by atoms with E-state index >= 15 is 0 Å². The molecular weight excluding hydrogens is 244 g/mol. The molecule has 0 aliphatic rings. The summed E-state index contributed by atoms with van der Waals surface area (Å²) in [4.78, 5) is 10.7. The number of carbonyl (C=O) groups excluding carboxylic acids is 1. The average molecular weight is 264 g/mol. The minimum absolute atomic E-state index is 0.691. The second kappa shape index (κ2) is 6.85. The number of hydrogen-bond acceptors (Lipinski definition) is 1. The highest BCUT2D eigenvalue weighted by molar-refractivity contribution is 5.80. The zero-order valence-electron chi connectivity index (χ0n) is 11.9. The Bertz CT molecular complexity index is 576. The van der Waals surface area contributed by atoms with Crippen LogP contribution in [0, 0.1) is 0 Å². The van der Waals surface area contributed by atoms with Gasteiger partial charge in [-0.15, -0.1) is 0 Å². The Morgan fingerprint density at radius 3 is 2.05 bits per heavy atom. The van der Waals surface area contributed by atoms with Crippen molar-refractivity contribution in [2.75, 3.05) is 0 Å². The van der Waals surface area contributed by atoms with Gasteiger partial charge in [-0.2, -0.15) is 0 Å². The van der Waals surface area contributed by atoms with Crippen LogP contribution in [0.1, 0.15) is 46.8 Å². The summed E-state index contributed by atoms with van der Waals surface area (Å²) in [6, 6.07) is 16.1. The van der Waals surface area contributed by atoms with Crippen LogP contribution in [0.15, 0.2) is 55.1 Å². The SMILES string of the molecule is C=C(c1ccc(C=O)cc1)c1ccc(CCCC)cc1. The lowest BCUT2D eigenvalue weighted by Gasteiger charge is -2.08. The Balaban J connectivity index is 2.13. The zero-order chi connectivity index (χ0) is 14.4. The standard InChI is InChI=1S/C19H20O/c1-3-4-5-16-6-10-18(11-7-16)15(2)19-12-8-17(14-20)9-13-19/h6-14H,2-5H2,1H3. The Morgan fingerprint density at radius 2 is 1.55 bits per heavy atom. The van der Waals surface area contributed by atoms with Crippen molar-refractivity contribution >= 4 is 11.9 Å². The summed E-state index contributed by atoms with van der Waals surface area (Å²) in [6.45, 7) is 6.36.